The Morgan fingerprint density at radius 3 is 2.73 bits per heavy atom. The third-order valence-electron chi connectivity index (χ3n) is 3.91. The van der Waals surface area contributed by atoms with Gasteiger partial charge in [0.2, 0.25) is 5.91 Å². The molecule has 0 aliphatic carbocycles. The van der Waals surface area contributed by atoms with E-state index in [0.29, 0.717) is 21.3 Å². The van der Waals surface area contributed by atoms with Crippen molar-refractivity contribution in [3.63, 3.8) is 0 Å². The molecule has 0 atom stereocenters. The molecular weight excluding hydrogens is 357 g/mol. The summed E-state index contributed by atoms with van der Waals surface area (Å²) in [4.78, 5) is 17.9. The number of hydrogen-bond donors (Lipinski definition) is 1. The van der Waals surface area contributed by atoms with Gasteiger partial charge in [0.1, 0.15) is 5.82 Å². The lowest BCUT2D eigenvalue weighted by atomic mass is 10.1. The number of fused-ring (bicyclic) bond motifs is 1. The summed E-state index contributed by atoms with van der Waals surface area (Å²) in [6.07, 6.45) is 1.34. The summed E-state index contributed by atoms with van der Waals surface area (Å²) in [6, 6.07) is 11.1. The number of carbonyl (C=O) groups is 1. The first-order chi connectivity index (χ1) is 12.4. The Kier molecular flexibility index (Phi) is 5.06. The summed E-state index contributed by atoms with van der Waals surface area (Å²) >= 11 is 6.11. The monoisotopic (exact) mass is 373 g/mol. The molecule has 0 radical (unpaired) electrons. The lowest BCUT2D eigenvalue weighted by molar-refractivity contribution is -0.123. The van der Waals surface area contributed by atoms with E-state index in [1.54, 1.807) is 50.5 Å². The van der Waals surface area contributed by atoms with Gasteiger partial charge in [-0.15, -0.1) is 0 Å². The quantitative estimate of drug-likeness (QED) is 0.818. The van der Waals surface area contributed by atoms with Gasteiger partial charge in [-0.2, -0.15) is 0 Å². The highest BCUT2D eigenvalue weighted by atomic mass is 35.5. The molecule has 5 nitrogen and oxygen atoms in total. The molecule has 0 unspecified atom stereocenters. The standard InChI is InChI=1S/C19H17ClFN3O2/c1-23(2)18(25)10-13-11-24(26)19(14-5-3-4-6-16(14)21)15-9-12(20)7-8-17(15)22-13/h3-10,26H,11H2,1-2H3/b13-10-. The smallest absolute Gasteiger partial charge is 0.247 e. The van der Waals surface area contributed by atoms with Crippen molar-refractivity contribution in [1.29, 1.82) is 0 Å². The zero-order valence-electron chi connectivity index (χ0n) is 14.3. The van der Waals surface area contributed by atoms with Crippen LogP contribution in [0, 0.1) is 5.82 Å². The third-order valence-corrected chi connectivity index (χ3v) is 4.14. The lowest BCUT2D eigenvalue weighted by Gasteiger charge is -2.20. The Bertz CT molecular complexity index is 1020. The van der Waals surface area contributed by atoms with E-state index in [-0.39, 0.29) is 23.7 Å². The highest BCUT2D eigenvalue weighted by Crippen LogP contribution is 2.20. The van der Waals surface area contributed by atoms with Crippen LogP contribution in [0.2, 0.25) is 5.02 Å². The Hall–Kier alpha value is -2.70. The first kappa shape index (κ1) is 18.1. The van der Waals surface area contributed by atoms with Crippen LogP contribution in [0.4, 0.5) is 4.39 Å². The molecule has 134 valence electrons. The second kappa shape index (κ2) is 7.27. The van der Waals surface area contributed by atoms with E-state index in [0.717, 1.165) is 5.06 Å². The van der Waals surface area contributed by atoms with Crippen LogP contribution in [-0.4, -0.2) is 41.7 Å². The minimum Gasteiger partial charge on any atom is -0.345 e. The number of halogens is 2. The first-order valence-electron chi connectivity index (χ1n) is 7.88. The number of hydrogen-bond acceptors (Lipinski definition) is 4. The maximum absolute atomic E-state index is 14.4. The maximum atomic E-state index is 14.4. The summed E-state index contributed by atoms with van der Waals surface area (Å²) < 4.78 is 14.4. The average molecular weight is 374 g/mol. The van der Waals surface area contributed by atoms with Crippen molar-refractivity contribution in [3.8, 4) is 0 Å². The molecule has 0 aromatic heterocycles. The summed E-state index contributed by atoms with van der Waals surface area (Å²) in [5.41, 5.74) is 0.806. The highest BCUT2D eigenvalue weighted by molar-refractivity contribution is 6.30. The van der Waals surface area contributed by atoms with E-state index in [1.807, 2.05) is 0 Å². The molecule has 2 aromatic carbocycles. The van der Waals surface area contributed by atoms with E-state index >= 15 is 0 Å². The van der Waals surface area contributed by atoms with Crippen molar-refractivity contribution in [2.75, 3.05) is 20.6 Å². The Labute approximate surface area is 154 Å². The van der Waals surface area contributed by atoms with Gasteiger partial charge < -0.3 is 4.90 Å². The summed E-state index contributed by atoms with van der Waals surface area (Å²) in [5.74, 6) is -0.744. The van der Waals surface area contributed by atoms with Gasteiger partial charge in [0.05, 0.1) is 23.3 Å². The maximum Gasteiger partial charge on any atom is 0.247 e. The molecule has 0 saturated carbocycles. The van der Waals surface area contributed by atoms with Crippen LogP contribution < -0.4 is 10.6 Å². The topological polar surface area (TPSA) is 56.1 Å². The molecule has 1 N–H and O–H groups in total. The largest absolute Gasteiger partial charge is 0.345 e. The molecule has 1 aliphatic rings. The fourth-order valence-corrected chi connectivity index (χ4v) is 2.82. The molecule has 1 amide bonds. The zero-order valence-corrected chi connectivity index (χ0v) is 15.0. The second-order valence-electron chi connectivity index (χ2n) is 6.03. The number of rotatable bonds is 2. The molecule has 0 saturated heterocycles. The number of benzene rings is 2. The number of likely N-dealkylation sites (N-methyl/N-ethyl adjacent to an activating group) is 1. The molecule has 7 heteroatoms. The summed E-state index contributed by atoms with van der Waals surface area (Å²) in [5, 5.41) is 12.9. The second-order valence-corrected chi connectivity index (χ2v) is 6.46. The molecule has 2 aromatic rings. The molecule has 1 heterocycles. The highest BCUT2D eigenvalue weighted by Gasteiger charge is 2.20. The Morgan fingerprint density at radius 1 is 1.31 bits per heavy atom. The molecule has 1 aliphatic heterocycles. The van der Waals surface area contributed by atoms with E-state index in [2.05, 4.69) is 4.99 Å². The van der Waals surface area contributed by atoms with Crippen molar-refractivity contribution >= 4 is 23.2 Å². The van der Waals surface area contributed by atoms with Gasteiger partial charge in [0.15, 0.2) is 0 Å². The fourth-order valence-electron chi connectivity index (χ4n) is 2.64. The van der Waals surface area contributed by atoms with Gasteiger partial charge >= 0.3 is 0 Å². The Morgan fingerprint density at radius 2 is 2.04 bits per heavy atom. The number of amides is 1. The van der Waals surface area contributed by atoms with Crippen molar-refractivity contribution in [2.24, 2.45) is 4.99 Å². The minimum atomic E-state index is -0.482. The van der Waals surface area contributed by atoms with Crippen molar-refractivity contribution in [1.82, 2.24) is 9.96 Å². The van der Waals surface area contributed by atoms with Crippen LogP contribution in [0.15, 0.2) is 59.2 Å². The van der Waals surface area contributed by atoms with Gasteiger partial charge in [0.25, 0.3) is 0 Å². The molecule has 0 spiro atoms. The molecule has 26 heavy (non-hydrogen) atoms. The van der Waals surface area contributed by atoms with Gasteiger partial charge in [-0.25, -0.2) is 9.45 Å². The van der Waals surface area contributed by atoms with Gasteiger partial charge in [-0.05, 0) is 30.3 Å². The molecule has 0 bridgehead atoms. The van der Waals surface area contributed by atoms with Crippen molar-refractivity contribution < 1.29 is 14.4 Å². The van der Waals surface area contributed by atoms with Crippen LogP contribution in [0.1, 0.15) is 5.56 Å². The normalized spacial score (nSPS) is 15.3. The number of carbonyl (C=O) groups excluding carboxylic acids is 1. The van der Waals surface area contributed by atoms with E-state index in [9.17, 15) is 14.4 Å². The number of hydroxylamine groups is 2. The van der Waals surface area contributed by atoms with Crippen LogP contribution in [-0.2, 0) is 4.79 Å². The minimum absolute atomic E-state index is 0.0739. The van der Waals surface area contributed by atoms with Crippen molar-refractivity contribution in [2.45, 2.75) is 0 Å². The Balaban J connectivity index is 2.32. The number of nitrogens with zero attached hydrogens (tertiary/aromatic N) is 3. The van der Waals surface area contributed by atoms with Crippen LogP contribution >= 0.6 is 11.6 Å². The van der Waals surface area contributed by atoms with E-state index in [1.165, 1.54) is 17.0 Å². The summed E-state index contributed by atoms with van der Waals surface area (Å²) in [7, 11) is 3.24. The fraction of sp³-hybridized carbons (Fsp3) is 0.158. The van der Waals surface area contributed by atoms with Gasteiger partial charge in [-0.1, -0.05) is 23.7 Å². The SMILES string of the molecule is CN(C)C(=O)/C=C1/CN(O)C(c2ccccc2F)=c2cc(Cl)ccc2=N1. The average Bonchev–Trinajstić information content (AvgIpc) is 2.71. The first-order valence-corrected chi connectivity index (χ1v) is 8.26. The van der Waals surface area contributed by atoms with E-state index < -0.39 is 5.82 Å². The van der Waals surface area contributed by atoms with Crippen LogP contribution in [0.5, 0.6) is 0 Å². The summed E-state index contributed by atoms with van der Waals surface area (Å²) in [6.45, 7) is -0.0739. The molecule has 3 rings (SSSR count). The predicted octanol–water partition coefficient (Wildman–Crippen LogP) is 1.93. The molecule has 0 fully saturated rings. The van der Waals surface area contributed by atoms with Crippen LogP contribution in [0.3, 0.4) is 0 Å². The predicted molar refractivity (Wildman–Crippen MR) is 96.4 cm³/mol. The lowest BCUT2D eigenvalue weighted by Crippen LogP contribution is -2.32. The van der Waals surface area contributed by atoms with Gasteiger partial charge in [0, 0.05) is 36.0 Å². The van der Waals surface area contributed by atoms with Crippen LogP contribution in [0.25, 0.3) is 5.70 Å². The van der Waals surface area contributed by atoms with Gasteiger partial charge in [-0.3, -0.25) is 15.0 Å². The van der Waals surface area contributed by atoms with E-state index in [4.69, 9.17) is 11.6 Å². The third kappa shape index (κ3) is 3.61. The zero-order chi connectivity index (χ0) is 18.8. The molecular formula is C19H17ClFN3O2. The van der Waals surface area contributed by atoms with Crippen molar-refractivity contribution in [3.05, 3.63) is 81.2 Å².